The van der Waals surface area contributed by atoms with Gasteiger partial charge in [-0.25, -0.2) is 9.59 Å². The van der Waals surface area contributed by atoms with Gasteiger partial charge in [0.2, 0.25) is 5.91 Å². The highest BCUT2D eigenvalue weighted by atomic mass is 16.4. The Morgan fingerprint density at radius 1 is 1.37 bits per heavy atom. The average molecular weight is 269 g/mol. The van der Waals surface area contributed by atoms with Gasteiger partial charge in [0.05, 0.1) is 0 Å². The van der Waals surface area contributed by atoms with Gasteiger partial charge in [0, 0.05) is 13.6 Å². The Morgan fingerprint density at radius 3 is 2.63 bits per heavy atom. The maximum Gasteiger partial charge on any atom is 0.326 e. The molecule has 106 valence electrons. The van der Waals surface area contributed by atoms with Crippen molar-refractivity contribution in [3.8, 4) is 0 Å². The van der Waals surface area contributed by atoms with Crippen LogP contribution < -0.4 is 5.73 Å². The van der Waals surface area contributed by atoms with E-state index in [0.29, 0.717) is 6.54 Å². The maximum atomic E-state index is 12.2. The number of urea groups is 1. The molecule has 0 bridgehead atoms. The molecule has 3 atom stereocenters. The van der Waals surface area contributed by atoms with Crippen LogP contribution in [0.3, 0.4) is 0 Å². The van der Waals surface area contributed by atoms with Gasteiger partial charge in [-0.05, 0) is 24.7 Å². The van der Waals surface area contributed by atoms with E-state index in [0.717, 1.165) is 19.3 Å². The molecule has 0 radical (unpaired) electrons. The van der Waals surface area contributed by atoms with E-state index in [1.54, 1.807) is 0 Å². The summed E-state index contributed by atoms with van der Waals surface area (Å²) in [6.45, 7) is 0.264. The molecule has 1 saturated heterocycles. The largest absolute Gasteiger partial charge is 0.480 e. The number of carbonyl (C=O) groups is 3. The van der Waals surface area contributed by atoms with Gasteiger partial charge in [0.1, 0.15) is 12.6 Å². The fraction of sp³-hybridized carbons (Fsp3) is 0.750. The second-order valence-electron chi connectivity index (χ2n) is 5.40. The van der Waals surface area contributed by atoms with Gasteiger partial charge >= 0.3 is 12.0 Å². The van der Waals surface area contributed by atoms with Gasteiger partial charge in [0.25, 0.3) is 0 Å². The minimum atomic E-state index is -0.963. The van der Waals surface area contributed by atoms with Gasteiger partial charge in [-0.2, -0.15) is 0 Å². The normalized spacial score (nSPS) is 29.1. The first-order valence-corrected chi connectivity index (χ1v) is 6.44. The number of hydrogen-bond donors (Lipinski definition) is 2. The zero-order chi connectivity index (χ0) is 14.2. The molecule has 1 aliphatic heterocycles. The van der Waals surface area contributed by atoms with E-state index in [2.05, 4.69) is 0 Å². The van der Waals surface area contributed by atoms with Crippen molar-refractivity contribution in [2.24, 2.45) is 17.6 Å². The van der Waals surface area contributed by atoms with Crippen LogP contribution in [0, 0.1) is 11.8 Å². The summed E-state index contributed by atoms with van der Waals surface area (Å²) in [5, 5.41) is 9.34. The van der Waals surface area contributed by atoms with Gasteiger partial charge in [-0.15, -0.1) is 0 Å². The lowest BCUT2D eigenvalue weighted by atomic mass is 9.94. The SMILES string of the molecule is CN(CC(N)=O)C(=O)N1CC2CCCC2C1C(=O)O. The lowest BCUT2D eigenvalue weighted by Gasteiger charge is -2.28. The number of nitrogens with zero attached hydrogens (tertiary/aromatic N) is 2. The maximum absolute atomic E-state index is 12.2. The molecular weight excluding hydrogens is 250 g/mol. The predicted molar refractivity (Wildman–Crippen MR) is 66.2 cm³/mol. The molecule has 3 amide bonds. The molecule has 0 aromatic rings. The van der Waals surface area contributed by atoms with E-state index in [9.17, 15) is 19.5 Å². The minimum absolute atomic E-state index is 0.0448. The first-order valence-electron chi connectivity index (χ1n) is 6.44. The number of fused-ring (bicyclic) bond motifs is 1. The molecule has 3 N–H and O–H groups in total. The summed E-state index contributed by atoms with van der Waals surface area (Å²) in [6, 6.07) is -1.20. The highest BCUT2D eigenvalue weighted by Crippen LogP contribution is 2.42. The van der Waals surface area contributed by atoms with Crippen LogP contribution in [-0.4, -0.2) is 59.0 Å². The van der Waals surface area contributed by atoms with Crippen molar-refractivity contribution in [2.75, 3.05) is 20.1 Å². The fourth-order valence-corrected chi connectivity index (χ4v) is 3.34. The minimum Gasteiger partial charge on any atom is -0.480 e. The Labute approximate surface area is 111 Å². The van der Waals surface area contributed by atoms with Crippen LogP contribution in [0.4, 0.5) is 4.79 Å². The first kappa shape index (κ1) is 13.6. The molecule has 0 spiro atoms. The molecule has 1 heterocycles. The topological polar surface area (TPSA) is 104 Å². The van der Waals surface area contributed by atoms with E-state index in [-0.39, 0.29) is 18.4 Å². The molecule has 7 heteroatoms. The lowest BCUT2D eigenvalue weighted by molar-refractivity contribution is -0.142. The summed E-state index contributed by atoms with van der Waals surface area (Å²) >= 11 is 0. The number of amides is 3. The van der Waals surface area contributed by atoms with Gasteiger partial charge in [0.15, 0.2) is 0 Å². The van der Waals surface area contributed by atoms with Crippen molar-refractivity contribution in [2.45, 2.75) is 25.3 Å². The van der Waals surface area contributed by atoms with E-state index >= 15 is 0 Å². The van der Waals surface area contributed by atoms with Crippen molar-refractivity contribution in [3.05, 3.63) is 0 Å². The Bertz CT molecular complexity index is 412. The molecule has 19 heavy (non-hydrogen) atoms. The number of nitrogens with two attached hydrogens (primary N) is 1. The van der Waals surface area contributed by atoms with E-state index in [1.807, 2.05) is 0 Å². The van der Waals surface area contributed by atoms with Gasteiger partial charge < -0.3 is 20.6 Å². The molecule has 0 aromatic carbocycles. The summed E-state index contributed by atoms with van der Waals surface area (Å²) in [5.74, 6) is -1.26. The molecule has 2 rings (SSSR count). The smallest absolute Gasteiger partial charge is 0.326 e. The molecule has 0 aromatic heterocycles. The predicted octanol–water partition coefficient (Wildman–Crippen LogP) is -0.291. The molecule has 2 aliphatic rings. The lowest BCUT2D eigenvalue weighted by Crippen LogP contribution is -2.50. The van der Waals surface area contributed by atoms with Crippen LogP contribution in [0.25, 0.3) is 0 Å². The van der Waals surface area contributed by atoms with Gasteiger partial charge in [-0.1, -0.05) is 6.42 Å². The Kier molecular flexibility index (Phi) is 3.64. The summed E-state index contributed by atoms with van der Waals surface area (Å²) in [5.41, 5.74) is 5.05. The third-order valence-corrected chi connectivity index (χ3v) is 4.11. The van der Waals surface area contributed by atoms with Crippen LogP contribution in [-0.2, 0) is 9.59 Å². The zero-order valence-corrected chi connectivity index (χ0v) is 10.9. The van der Waals surface area contributed by atoms with Crippen LogP contribution >= 0.6 is 0 Å². The number of likely N-dealkylation sites (tertiary alicyclic amines) is 1. The van der Waals surface area contributed by atoms with Crippen LogP contribution in [0.15, 0.2) is 0 Å². The number of primary amides is 1. The molecule has 7 nitrogen and oxygen atoms in total. The van der Waals surface area contributed by atoms with Crippen LogP contribution in [0.5, 0.6) is 0 Å². The van der Waals surface area contributed by atoms with Crippen LogP contribution in [0.2, 0.25) is 0 Å². The third-order valence-electron chi connectivity index (χ3n) is 4.11. The number of likely N-dealkylation sites (N-methyl/N-ethyl adjacent to an activating group) is 1. The monoisotopic (exact) mass is 269 g/mol. The number of aliphatic carboxylic acids is 1. The molecule has 1 aliphatic carbocycles. The highest BCUT2D eigenvalue weighted by Gasteiger charge is 2.50. The van der Waals surface area contributed by atoms with Crippen molar-refractivity contribution in [1.82, 2.24) is 9.80 Å². The number of hydrogen-bond acceptors (Lipinski definition) is 3. The van der Waals surface area contributed by atoms with Crippen molar-refractivity contribution < 1.29 is 19.5 Å². The molecule has 1 saturated carbocycles. The van der Waals surface area contributed by atoms with E-state index in [1.165, 1.54) is 16.8 Å². The first-order chi connectivity index (χ1) is 8.91. The standard InChI is InChI=1S/C12H19N3O4/c1-14(6-9(13)16)12(19)15-5-7-3-2-4-8(7)10(15)11(17)18/h7-8,10H,2-6H2,1H3,(H2,13,16)(H,17,18). The number of carbonyl (C=O) groups excluding carboxylic acids is 2. The van der Waals surface area contributed by atoms with Gasteiger partial charge in [-0.3, -0.25) is 4.79 Å². The molecule has 2 fully saturated rings. The Morgan fingerprint density at radius 2 is 2.05 bits per heavy atom. The van der Waals surface area contributed by atoms with E-state index < -0.39 is 23.9 Å². The summed E-state index contributed by atoms with van der Waals surface area (Å²) in [6.07, 6.45) is 2.85. The summed E-state index contributed by atoms with van der Waals surface area (Å²) < 4.78 is 0. The fourth-order valence-electron chi connectivity index (χ4n) is 3.34. The summed E-state index contributed by atoms with van der Waals surface area (Å²) in [7, 11) is 1.46. The number of carboxylic acids is 1. The van der Waals surface area contributed by atoms with Crippen molar-refractivity contribution >= 4 is 17.9 Å². The molecular formula is C12H19N3O4. The highest BCUT2D eigenvalue weighted by molar-refractivity contribution is 5.86. The number of rotatable bonds is 3. The van der Waals surface area contributed by atoms with Crippen molar-refractivity contribution in [3.63, 3.8) is 0 Å². The van der Waals surface area contributed by atoms with Crippen LogP contribution in [0.1, 0.15) is 19.3 Å². The zero-order valence-electron chi connectivity index (χ0n) is 10.9. The Hall–Kier alpha value is -1.79. The Balaban J connectivity index is 2.12. The quantitative estimate of drug-likeness (QED) is 0.734. The molecule has 3 unspecified atom stereocenters. The second-order valence-corrected chi connectivity index (χ2v) is 5.40. The van der Waals surface area contributed by atoms with E-state index in [4.69, 9.17) is 5.73 Å². The number of carboxylic acid groups (broad SMARTS) is 1. The van der Waals surface area contributed by atoms with Crippen molar-refractivity contribution in [1.29, 1.82) is 0 Å². The second kappa shape index (κ2) is 5.07. The average Bonchev–Trinajstić information content (AvgIpc) is 2.84. The third kappa shape index (κ3) is 2.50. The summed E-state index contributed by atoms with van der Waals surface area (Å²) in [4.78, 5) is 37.0.